The third kappa shape index (κ3) is 4.49. The average molecular weight is 470 g/mol. The number of nitrogens with zero attached hydrogens (tertiary/aromatic N) is 5. The van der Waals surface area contributed by atoms with Crippen molar-refractivity contribution in [2.24, 2.45) is 0 Å². The molecule has 0 bridgehead atoms. The van der Waals surface area contributed by atoms with E-state index in [1.54, 1.807) is 21.6 Å². The smallest absolute Gasteiger partial charge is 0.278 e. The van der Waals surface area contributed by atoms with Gasteiger partial charge in [0, 0.05) is 29.5 Å². The molecule has 0 atom stereocenters. The summed E-state index contributed by atoms with van der Waals surface area (Å²) in [4.78, 5) is 27.3. The minimum Gasteiger partial charge on any atom is -0.324 e. The van der Waals surface area contributed by atoms with Crippen LogP contribution in [0, 0.1) is 0 Å². The van der Waals surface area contributed by atoms with E-state index in [1.165, 1.54) is 11.1 Å². The summed E-state index contributed by atoms with van der Waals surface area (Å²) in [6, 6.07) is 12.2. The number of hydrogen-bond donors (Lipinski definition) is 2. The topological polar surface area (TPSA) is 89.7 Å². The van der Waals surface area contributed by atoms with Crippen LogP contribution in [0.5, 0.6) is 0 Å². The number of fused-ring (bicyclic) bond motifs is 2. The number of aryl methyl sites for hydroxylation is 1. The SMILES string of the molecule is C=CCn1c(=O)c2cnc(Nc3ccc4c(c3)CCCNC4)nc2n1-c1cccc(C(C)(C)C)n1. The fourth-order valence-corrected chi connectivity index (χ4v) is 4.43. The molecule has 0 saturated carbocycles. The summed E-state index contributed by atoms with van der Waals surface area (Å²) < 4.78 is 3.37. The molecule has 0 aliphatic carbocycles. The first-order valence-electron chi connectivity index (χ1n) is 12.0. The van der Waals surface area contributed by atoms with Crippen LogP contribution in [0.15, 0.2) is 60.0 Å². The van der Waals surface area contributed by atoms with Crippen molar-refractivity contribution < 1.29 is 0 Å². The first kappa shape index (κ1) is 23.0. The molecular weight excluding hydrogens is 438 g/mol. The van der Waals surface area contributed by atoms with E-state index in [4.69, 9.17) is 9.97 Å². The van der Waals surface area contributed by atoms with Gasteiger partial charge in [-0.25, -0.2) is 19.3 Å². The van der Waals surface area contributed by atoms with E-state index >= 15 is 0 Å². The molecule has 8 nitrogen and oxygen atoms in total. The van der Waals surface area contributed by atoms with Crippen LogP contribution in [0.4, 0.5) is 11.6 Å². The Morgan fingerprint density at radius 1 is 1.17 bits per heavy atom. The maximum absolute atomic E-state index is 13.2. The van der Waals surface area contributed by atoms with Gasteiger partial charge in [0.25, 0.3) is 5.56 Å². The maximum atomic E-state index is 13.2. The molecule has 35 heavy (non-hydrogen) atoms. The van der Waals surface area contributed by atoms with Gasteiger partial charge in [0.15, 0.2) is 11.5 Å². The quantitative estimate of drug-likeness (QED) is 0.425. The Morgan fingerprint density at radius 2 is 2.03 bits per heavy atom. The maximum Gasteiger partial charge on any atom is 0.278 e. The average Bonchev–Trinajstić information content (AvgIpc) is 2.97. The van der Waals surface area contributed by atoms with Crippen molar-refractivity contribution in [2.75, 3.05) is 11.9 Å². The number of anilines is 2. The Balaban J connectivity index is 1.60. The van der Waals surface area contributed by atoms with Crippen molar-refractivity contribution in [3.05, 3.63) is 82.4 Å². The molecule has 4 aromatic rings. The summed E-state index contributed by atoms with van der Waals surface area (Å²) in [6.07, 6.45) is 5.44. The van der Waals surface area contributed by atoms with Crippen LogP contribution in [0.3, 0.4) is 0 Å². The van der Waals surface area contributed by atoms with Crippen LogP contribution < -0.4 is 16.2 Å². The monoisotopic (exact) mass is 469 g/mol. The van der Waals surface area contributed by atoms with Crippen LogP contribution in [-0.4, -0.2) is 30.9 Å². The van der Waals surface area contributed by atoms with Crippen molar-refractivity contribution in [1.29, 1.82) is 0 Å². The summed E-state index contributed by atoms with van der Waals surface area (Å²) >= 11 is 0. The van der Waals surface area contributed by atoms with Gasteiger partial charge in [-0.05, 0) is 54.8 Å². The molecule has 8 heteroatoms. The molecule has 3 aromatic heterocycles. The molecule has 2 N–H and O–H groups in total. The summed E-state index contributed by atoms with van der Waals surface area (Å²) in [5.41, 5.74) is 4.71. The highest BCUT2D eigenvalue weighted by Gasteiger charge is 2.21. The number of aromatic nitrogens is 5. The van der Waals surface area contributed by atoms with E-state index in [0.717, 1.165) is 37.3 Å². The van der Waals surface area contributed by atoms with Crippen molar-refractivity contribution >= 4 is 22.7 Å². The standard InChI is InChI=1S/C27H31N7O/c1-5-14-33-25(35)21-17-29-26(30-20-12-11-19-16-28-13-7-8-18(19)15-20)32-24(21)34(33)23-10-6-9-22(31-23)27(2,3)4/h5-6,9-12,15,17,28H,1,7-8,13-14,16H2,2-4H3,(H,29,30,32). The second kappa shape index (κ2) is 9.11. The molecular formula is C27H31N7O. The number of pyridine rings is 1. The van der Waals surface area contributed by atoms with Gasteiger partial charge in [-0.15, -0.1) is 6.58 Å². The van der Waals surface area contributed by atoms with Crippen molar-refractivity contribution in [3.8, 4) is 5.82 Å². The molecule has 0 fully saturated rings. The molecule has 1 aromatic carbocycles. The van der Waals surface area contributed by atoms with Gasteiger partial charge < -0.3 is 10.6 Å². The lowest BCUT2D eigenvalue weighted by Gasteiger charge is -2.19. The minimum absolute atomic E-state index is 0.134. The largest absolute Gasteiger partial charge is 0.324 e. The second-order valence-electron chi connectivity index (χ2n) is 9.94. The van der Waals surface area contributed by atoms with Crippen LogP contribution in [0.25, 0.3) is 16.9 Å². The molecule has 0 spiro atoms. The normalized spacial score (nSPS) is 13.9. The van der Waals surface area contributed by atoms with Crippen molar-refractivity contribution in [1.82, 2.24) is 29.6 Å². The summed E-state index contributed by atoms with van der Waals surface area (Å²) in [7, 11) is 0. The second-order valence-corrected chi connectivity index (χ2v) is 9.94. The van der Waals surface area contributed by atoms with Gasteiger partial charge in [-0.1, -0.05) is 39.0 Å². The molecule has 5 rings (SSSR count). The van der Waals surface area contributed by atoms with E-state index in [9.17, 15) is 4.79 Å². The Morgan fingerprint density at radius 3 is 2.83 bits per heavy atom. The number of benzene rings is 1. The zero-order chi connectivity index (χ0) is 24.6. The van der Waals surface area contributed by atoms with Gasteiger partial charge in [0.1, 0.15) is 5.39 Å². The number of allylic oxidation sites excluding steroid dienone is 1. The van der Waals surface area contributed by atoms with E-state index in [0.29, 0.717) is 29.3 Å². The van der Waals surface area contributed by atoms with Crippen LogP contribution in [-0.2, 0) is 24.9 Å². The van der Waals surface area contributed by atoms with Crippen LogP contribution in [0.1, 0.15) is 44.0 Å². The Bertz CT molecular complexity index is 1460. The minimum atomic E-state index is -0.174. The van der Waals surface area contributed by atoms with E-state index in [-0.39, 0.29) is 11.0 Å². The van der Waals surface area contributed by atoms with Crippen LogP contribution >= 0.6 is 0 Å². The van der Waals surface area contributed by atoms with E-state index < -0.39 is 0 Å². The Labute approximate surface area is 204 Å². The summed E-state index contributed by atoms with van der Waals surface area (Å²) in [5, 5.41) is 7.22. The number of hydrogen-bond acceptors (Lipinski definition) is 6. The van der Waals surface area contributed by atoms with Gasteiger partial charge in [-0.2, -0.15) is 4.98 Å². The third-order valence-corrected chi connectivity index (χ3v) is 6.27. The van der Waals surface area contributed by atoms with Crippen molar-refractivity contribution in [3.63, 3.8) is 0 Å². The predicted octanol–water partition coefficient (Wildman–Crippen LogP) is 4.24. The van der Waals surface area contributed by atoms with Gasteiger partial charge in [0.05, 0.1) is 6.54 Å². The molecule has 0 saturated heterocycles. The van der Waals surface area contributed by atoms with Crippen LogP contribution in [0.2, 0.25) is 0 Å². The first-order valence-corrected chi connectivity index (χ1v) is 12.0. The van der Waals surface area contributed by atoms with Gasteiger partial charge in [-0.3, -0.25) is 4.79 Å². The summed E-state index contributed by atoms with van der Waals surface area (Å²) in [5.74, 6) is 1.06. The summed E-state index contributed by atoms with van der Waals surface area (Å²) in [6.45, 7) is 12.4. The molecule has 0 amide bonds. The third-order valence-electron chi connectivity index (χ3n) is 6.27. The zero-order valence-corrected chi connectivity index (χ0v) is 20.5. The molecule has 4 heterocycles. The molecule has 1 aliphatic rings. The van der Waals surface area contributed by atoms with Gasteiger partial charge >= 0.3 is 0 Å². The van der Waals surface area contributed by atoms with E-state index in [1.807, 2.05) is 24.3 Å². The van der Waals surface area contributed by atoms with Crippen molar-refractivity contribution in [2.45, 2.75) is 52.1 Å². The fourth-order valence-electron chi connectivity index (χ4n) is 4.43. The molecule has 1 aliphatic heterocycles. The highest BCUT2D eigenvalue weighted by Crippen LogP contribution is 2.24. The first-order chi connectivity index (χ1) is 16.8. The predicted molar refractivity (Wildman–Crippen MR) is 140 cm³/mol. The van der Waals surface area contributed by atoms with E-state index in [2.05, 4.69) is 55.1 Å². The van der Waals surface area contributed by atoms with Gasteiger partial charge in [0.2, 0.25) is 5.95 Å². The zero-order valence-electron chi connectivity index (χ0n) is 20.5. The lowest BCUT2D eigenvalue weighted by Crippen LogP contribution is -2.23. The molecule has 0 radical (unpaired) electrons. The fraction of sp³-hybridized carbons (Fsp3) is 0.333. The molecule has 0 unspecified atom stereocenters. The molecule has 180 valence electrons. The highest BCUT2D eigenvalue weighted by atomic mass is 16.1. The Hall–Kier alpha value is -3.78. The highest BCUT2D eigenvalue weighted by molar-refractivity contribution is 5.77. The number of nitrogens with one attached hydrogen (secondary N) is 2. The lowest BCUT2D eigenvalue weighted by atomic mass is 9.92. The Kier molecular flexibility index (Phi) is 5.98. The number of rotatable bonds is 5. The lowest BCUT2D eigenvalue weighted by molar-refractivity contribution is 0.554.